The molecule has 0 aliphatic rings. The summed E-state index contributed by atoms with van der Waals surface area (Å²) >= 11 is 0. The Morgan fingerprint density at radius 3 is 2.67 bits per heavy atom. The lowest BCUT2D eigenvalue weighted by Crippen LogP contribution is -2.27. The van der Waals surface area contributed by atoms with Crippen molar-refractivity contribution in [3.05, 3.63) is 48.3 Å². The highest BCUT2D eigenvalue weighted by molar-refractivity contribution is 7.89. The average molecular weight is 266 g/mol. The van der Waals surface area contributed by atoms with E-state index < -0.39 is 10.0 Å². The van der Waals surface area contributed by atoms with Crippen molar-refractivity contribution in [3.8, 4) is 0 Å². The van der Waals surface area contributed by atoms with Crippen LogP contribution in [0.5, 0.6) is 0 Å². The molecule has 0 spiro atoms. The summed E-state index contributed by atoms with van der Waals surface area (Å²) in [5, 5.41) is 0. The molecule has 0 aliphatic heterocycles. The fraction of sp³-hybridized carbons (Fsp3) is 0.273. The molecule has 18 heavy (non-hydrogen) atoms. The molecule has 0 saturated heterocycles. The van der Waals surface area contributed by atoms with Gasteiger partial charge in [-0.15, -0.1) is 0 Å². The number of pyridine rings is 1. The molecule has 2 aromatic heterocycles. The molecule has 0 fully saturated rings. The van der Waals surface area contributed by atoms with Crippen LogP contribution in [0, 0.1) is 0 Å². The highest BCUT2D eigenvalue weighted by Crippen LogP contribution is 2.00. The lowest BCUT2D eigenvalue weighted by Gasteiger charge is -2.05. The molecule has 0 saturated carbocycles. The Morgan fingerprint density at radius 2 is 2.00 bits per heavy atom. The number of nitrogens with one attached hydrogen (secondary N) is 2. The van der Waals surface area contributed by atoms with E-state index in [2.05, 4.69) is 19.7 Å². The summed E-state index contributed by atoms with van der Waals surface area (Å²) in [5.74, 6) is 0.653. The Bertz CT molecular complexity index is 566. The van der Waals surface area contributed by atoms with Crippen molar-refractivity contribution in [1.82, 2.24) is 19.7 Å². The van der Waals surface area contributed by atoms with Gasteiger partial charge in [0.15, 0.2) is 0 Å². The second-order valence-electron chi connectivity index (χ2n) is 3.78. The van der Waals surface area contributed by atoms with Gasteiger partial charge in [0, 0.05) is 24.8 Å². The Kier molecular flexibility index (Phi) is 4.06. The molecule has 7 heteroatoms. The molecule has 0 unspecified atom stereocenters. The van der Waals surface area contributed by atoms with E-state index in [0.717, 1.165) is 5.56 Å². The zero-order valence-electron chi connectivity index (χ0n) is 9.70. The topological polar surface area (TPSA) is 87.7 Å². The molecule has 0 aromatic carbocycles. The number of nitrogens with zero attached hydrogens (tertiary/aromatic N) is 2. The SMILES string of the molecule is O=S(=O)(CCc1ccncc1)NCc1ncc[nH]1. The van der Waals surface area contributed by atoms with Crippen molar-refractivity contribution < 1.29 is 8.42 Å². The minimum absolute atomic E-state index is 0.0533. The van der Waals surface area contributed by atoms with Gasteiger partial charge in [0.1, 0.15) is 5.82 Å². The quantitative estimate of drug-likeness (QED) is 0.795. The molecule has 6 nitrogen and oxygen atoms in total. The van der Waals surface area contributed by atoms with Crippen molar-refractivity contribution >= 4 is 10.0 Å². The minimum Gasteiger partial charge on any atom is -0.347 e. The normalized spacial score (nSPS) is 11.6. The number of hydrogen-bond acceptors (Lipinski definition) is 4. The summed E-state index contributed by atoms with van der Waals surface area (Å²) < 4.78 is 26.0. The number of rotatable bonds is 6. The number of imidazole rings is 1. The van der Waals surface area contributed by atoms with E-state index in [0.29, 0.717) is 12.2 Å². The van der Waals surface area contributed by atoms with Crippen LogP contribution < -0.4 is 4.72 Å². The molecule has 0 radical (unpaired) electrons. The fourth-order valence-electron chi connectivity index (χ4n) is 1.45. The fourth-order valence-corrected chi connectivity index (χ4v) is 2.45. The van der Waals surface area contributed by atoms with Gasteiger partial charge < -0.3 is 4.98 Å². The third-order valence-electron chi connectivity index (χ3n) is 2.42. The van der Waals surface area contributed by atoms with E-state index in [4.69, 9.17) is 0 Å². The highest BCUT2D eigenvalue weighted by Gasteiger charge is 2.10. The summed E-state index contributed by atoms with van der Waals surface area (Å²) in [4.78, 5) is 10.7. The molecule has 0 bridgehead atoms. The van der Waals surface area contributed by atoms with Crippen LogP contribution in [0.1, 0.15) is 11.4 Å². The standard InChI is InChI=1S/C11H14N4O2S/c16-18(17,15-9-11-13-6-7-14-11)8-3-10-1-4-12-5-2-10/h1-2,4-7,15H,3,8-9H2,(H,13,14). The summed E-state index contributed by atoms with van der Waals surface area (Å²) in [6, 6.07) is 3.62. The average Bonchev–Trinajstić information content (AvgIpc) is 2.89. The zero-order chi connectivity index (χ0) is 12.8. The molecule has 0 atom stereocenters. The smallest absolute Gasteiger partial charge is 0.212 e. The molecule has 0 aliphatic carbocycles. The zero-order valence-corrected chi connectivity index (χ0v) is 10.5. The van der Waals surface area contributed by atoms with Crippen LogP contribution in [0.15, 0.2) is 36.9 Å². The van der Waals surface area contributed by atoms with E-state index in [9.17, 15) is 8.42 Å². The lowest BCUT2D eigenvalue weighted by molar-refractivity contribution is 0.579. The van der Waals surface area contributed by atoms with Gasteiger partial charge in [0.05, 0.1) is 12.3 Å². The van der Waals surface area contributed by atoms with E-state index in [1.165, 1.54) is 0 Å². The minimum atomic E-state index is -3.29. The highest BCUT2D eigenvalue weighted by atomic mass is 32.2. The third-order valence-corrected chi connectivity index (χ3v) is 3.75. The molecule has 2 N–H and O–H groups in total. The van der Waals surface area contributed by atoms with Crippen molar-refractivity contribution in [2.75, 3.05) is 5.75 Å². The molecular weight excluding hydrogens is 252 g/mol. The van der Waals surface area contributed by atoms with Crippen LogP contribution >= 0.6 is 0 Å². The molecule has 96 valence electrons. The van der Waals surface area contributed by atoms with Crippen molar-refractivity contribution in [2.45, 2.75) is 13.0 Å². The number of sulfonamides is 1. The number of H-pyrrole nitrogens is 1. The first-order chi connectivity index (χ1) is 8.66. The summed E-state index contributed by atoms with van der Waals surface area (Å²) in [6.07, 6.45) is 7.01. The second-order valence-corrected chi connectivity index (χ2v) is 5.71. The molecule has 0 amide bonds. The molecule has 2 heterocycles. The van der Waals surface area contributed by atoms with Crippen LogP contribution in [-0.2, 0) is 23.0 Å². The van der Waals surface area contributed by atoms with Crippen molar-refractivity contribution in [1.29, 1.82) is 0 Å². The Morgan fingerprint density at radius 1 is 1.22 bits per heavy atom. The molecule has 2 aromatic rings. The monoisotopic (exact) mass is 266 g/mol. The van der Waals surface area contributed by atoms with Gasteiger partial charge in [-0.25, -0.2) is 18.1 Å². The molecule has 2 rings (SSSR count). The van der Waals surface area contributed by atoms with Gasteiger partial charge in [-0.05, 0) is 24.1 Å². The Hall–Kier alpha value is -1.73. The number of aromatic nitrogens is 3. The largest absolute Gasteiger partial charge is 0.347 e. The summed E-state index contributed by atoms with van der Waals surface area (Å²) in [7, 11) is -3.29. The van der Waals surface area contributed by atoms with Crippen LogP contribution in [0.4, 0.5) is 0 Å². The molecular formula is C11H14N4O2S. The van der Waals surface area contributed by atoms with Gasteiger partial charge in [-0.2, -0.15) is 0 Å². The maximum absolute atomic E-state index is 11.7. The maximum atomic E-state index is 11.7. The third kappa shape index (κ3) is 3.94. The number of aryl methyl sites for hydroxylation is 1. The number of hydrogen-bond donors (Lipinski definition) is 2. The summed E-state index contributed by atoms with van der Waals surface area (Å²) in [6.45, 7) is 0.186. The predicted molar refractivity (Wildman–Crippen MR) is 67.2 cm³/mol. The second kappa shape index (κ2) is 5.74. The van der Waals surface area contributed by atoms with Crippen LogP contribution in [0.25, 0.3) is 0 Å². The first-order valence-electron chi connectivity index (χ1n) is 5.50. The summed E-state index contributed by atoms with van der Waals surface area (Å²) in [5.41, 5.74) is 0.952. The van der Waals surface area contributed by atoms with Crippen molar-refractivity contribution in [3.63, 3.8) is 0 Å². The van der Waals surface area contributed by atoms with Gasteiger partial charge >= 0.3 is 0 Å². The predicted octanol–water partition coefficient (Wildman–Crippen LogP) is 0.467. The maximum Gasteiger partial charge on any atom is 0.212 e. The van der Waals surface area contributed by atoms with Crippen LogP contribution in [0.3, 0.4) is 0 Å². The Balaban J connectivity index is 1.84. The van der Waals surface area contributed by atoms with E-state index in [1.807, 2.05) is 12.1 Å². The first-order valence-corrected chi connectivity index (χ1v) is 7.15. The van der Waals surface area contributed by atoms with E-state index >= 15 is 0 Å². The van der Waals surface area contributed by atoms with Gasteiger partial charge in [0.2, 0.25) is 10.0 Å². The van der Waals surface area contributed by atoms with Gasteiger partial charge in [-0.3, -0.25) is 4.98 Å². The van der Waals surface area contributed by atoms with Gasteiger partial charge in [0.25, 0.3) is 0 Å². The Labute approximate surface area is 106 Å². The van der Waals surface area contributed by atoms with E-state index in [1.54, 1.807) is 24.8 Å². The number of aromatic amines is 1. The van der Waals surface area contributed by atoms with Crippen LogP contribution in [-0.4, -0.2) is 29.1 Å². The van der Waals surface area contributed by atoms with E-state index in [-0.39, 0.29) is 12.3 Å². The van der Waals surface area contributed by atoms with Crippen molar-refractivity contribution in [2.24, 2.45) is 0 Å². The van der Waals surface area contributed by atoms with Crippen LogP contribution in [0.2, 0.25) is 0 Å². The lowest BCUT2D eigenvalue weighted by atomic mass is 10.2. The van der Waals surface area contributed by atoms with Gasteiger partial charge in [-0.1, -0.05) is 0 Å². The first kappa shape index (κ1) is 12.7.